The van der Waals surface area contributed by atoms with E-state index in [0.29, 0.717) is 65.4 Å². The first-order valence-electron chi connectivity index (χ1n) is 16.7. The number of aromatic nitrogens is 3. The molecular formula is C37H42BrN7O2. The molecule has 1 amide bonds. The number of fused-ring (bicyclic) bond motifs is 3. The van der Waals surface area contributed by atoms with Gasteiger partial charge >= 0.3 is 0 Å². The number of nitrogens with zero attached hydrogens (tertiary/aromatic N) is 5. The van der Waals surface area contributed by atoms with Crippen molar-refractivity contribution >= 4 is 44.4 Å². The van der Waals surface area contributed by atoms with Gasteiger partial charge in [0.1, 0.15) is 5.82 Å². The molecule has 0 radical (unpaired) electrons. The SMILES string of the molecule is C[C@@H]1C(N=C(Nc2ccc3c(=O)n(CCc4ccc(Br)cc4)c(-c4cccnc4)nc3c2)N2CC(=O)N[C@@H](C)C2)C[C@@H]2C[C@H]1C2(C)C. The Bertz CT molecular complexity index is 1890. The van der Waals surface area contributed by atoms with Crippen LogP contribution in [0.3, 0.4) is 0 Å². The number of hydrogen-bond acceptors (Lipinski definition) is 5. The maximum Gasteiger partial charge on any atom is 0.261 e. The van der Waals surface area contributed by atoms with Crippen molar-refractivity contribution in [3.05, 3.63) is 87.4 Å². The fourth-order valence-corrected chi connectivity index (χ4v) is 8.25. The molecule has 1 saturated heterocycles. The molecule has 4 aromatic rings. The van der Waals surface area contributed by atoms with E-state index in [-0.39, 0.29) is 30.1 Å². The first-order chi connectivity index (χ1) is 22.6. The summed E-state index contributed by atoms with van der Waals surface area (Å²) in [5.74, 6) is 3.06. The summed E-state index contributed by atoms with van der Waals surface area (Å²) in [4.78, 5) is 43.4. The number of aliphatic imine (C=N–C) groups is 1. The van der Waals surface area contributed by atoms with Crippen LogP contribution >= 0.6 is 15.9 Å². The number of amides is 1. The van der Waals surface area contributed by atoms with Gasteiger partial charge < -0.3 is 15.5 Å². The third-order valence-electron chi connectivity index (χ3n) is 10.8. The zero-order valence-corrected chi connectivity index (χ0v) is 29.0. The van der Waals surface area contributed by atoms with Gasteiger partial charge in [-0.2, -0.15) is 0 Å². The zero-order chi connectivity index (χ0) is 32.9. The number of carbonyl (C=O) groups excluding carboxylic acids is 1. The molecule has 8 rings (SSSR count). The van der Waals surface area contributed by atoms with Crippen LogP contribution < -0.4 is 16.2 Å². The summed E-state index contributed by atoms with van der Waals surface area (Å²) >= 11 is 3.50. The summed E-state index contributed by atoms with van der Waals surface area (Å²) in [7, 11) is 0. The molecule has 4 aliphatic rings. The molecule has 3 saturated carbocycles. The van der Waals surface area contributed by atoms with Crippen molar-refractivity contribution in [3.8, 4) is 11.4 Å². The predicted octanol–water partition coefficient (Wildman–Crippen LogP) is 6.12. The predicted molar refractivity (Wildman–Crippen MR) is 190 cm³/mol. The Morgan fingerprint density at radius 2 is 1.91 bits per heavy atom. The molecule has 3 aliphatic carbocycles. The largest absolute Gasteiger partial charge is 0.350 e. The monoisotopic (exact) mass is 695 g/mol. The molecule has 1 unspecified atom stereocenters. The molecule has 5 atom stereocenters. The van der Waals surface area contributed by atoms with Gasteiger partial charge in [-0.3, -0.25) is 19.1 Å². The van der Waals surface area contributed by atoms with Crippen molar-refractivity contribution in [2.45, 2.75) is 65.6 Å². The zero-order valence-electron chi connectivity index (χ0n) is 27.4. The number of benzene rings is 2. The average molecular weight is 697 g/mol. The fourth-order valence-electron chi connectivity index (χ4n) is 7.98. The van der Waals surface area contributed by atoms with E-state index in [1.54, 1.807) is 17.0 Å². The molecule has 244 valence electrons. The summed E-state index contributed by atoms with van der Waals surface area (Å²) in [6.07, 6.45) is 6.49. The van der Waals surface area contributed by atoms with Crippen LogP contribution in [0.15, 0.2) is 81.3 Å². The van der Waals surface area contributed by atoms with Crippen molar-refractivity contribution in [2.24, 2.45) is 28.2 Å². The molecule has 9 nitrogen and oxygen atoms in total. The number of pyridine rings is 1. The summed E-state index contributed by atoms with van der Waals surface area (Å²) in [6.45, 7) is 10.5. The second kappa shape index (κ2) is 12.5. The van der Waals surface area contributed by atoms with Crippen LogP contribution in [-0.4, -0.2) is 56.5 Å². The quantitative estimate of drug-likeness (QED) is 0.186. The van der Waals surface area contributed by atoms with Gasteiger partial charge in [-0.1, -0.05) is 48.8 Å². The maximum atomic E-state index is 14.0. The Kier molecular flexibility index (Phi) is 8.40. The molecular weight excluding hydrogens is 654 g/mol. The molecule has 47 heavy (non-hydrogen) atoms. The van der Waals surface area contributed by atoms with Gasteiger partial charge in [-0.05, 0) is 97.4 Å². The van der Waals surface area contributed by atoms with Gasteiger partial charge in [0.2, 0.25) is 5.91 Å². The molecule has 3 heterocycles. The fraction of sp³-hybridized carbons (Fsp3) is 0.432. The molecule has 2 aromatic carbocycles. The lowest BCUT2D eigenvalue weighted by Crippen LogP contribution is -2.58. The Labute approximate surface area is 284 Å². The van der Waals surface area contributed by atoms with Gasteiger partial charge in [0.05, 0.1) is 23.5 Å². The van der Waals surface area contributed by atoms with E-state index in [1.807, 2.05) is 49.4 Å². The highest BCUT2D eigenvalue weighted by Gasteiger charge is 2.56. The third-order valence-corrected chi connectivity index (χ3v) is 11.3. The lowest BCUT2D eigenvalue weighted by Gasteiger charge is -2.61. The van der Waals surface area contributed by atoms with E-state index in [0.717, 1.165) is 27.7 Å². The highest BCUT2D eigenvalue weighted by Crippen LogP contribution is 2.61. The van der Waals surface area contributed by atoms with Crippen LogP contribution in [0.2, 0.25) is 0 Å². The van der Waals surface area contributed by atoms with E-state index in [4.69, 9.17) is 9.98 Å². The van der Waals surface area contributed by atoms with Gasteiger partial charge in [0, 0.05) is 47.2 Å². The highest BCUT2D eigenvalue weighted by molar-refractivity contribution is 9.10. The number of anilines is 1. The summed E-state index contributed by atoms with van der Waals surface area (Å²) in [5.41, 5.74) is 3.56. The Hall–Kier alpha value is -4.05. The van der Waals surface area contributed by atoms with Crippen molar-refractivity contribution in [1.82, 2.24) is 24.8 Å². The van der Waals surface area contributed by atoms with Gasteiger partial charge in [0.25, 0.3) is 5.56 Å². The molecule has 2 aromatic heterocycles. The number of carbonyl (C=O) groups is 1. The normalized spacial score (nSPS) is 25.3. The van der Waals surface area contributed by atoms with E-state index in [9.17, 15) is 9.59 Å². The van der Waals surface area contributed by atoms with Crippen molar-refractivity contribution in [3.63, 3.8) is 0 Å². The summed E-state index contributed by atoms with van der Waals surface area (Å²) in [5, 5.41) is 7.15. The van der Waals surface area contributed by atoms with Crippen molar-refractivity contribution < 1.29 is 4.79 Å². The number of hydrogen-bond donors (Lipinski definition) is 2. The van der Waals surface area contributed by atoms with E-state index >= 15 is 0 Å². The van der Waals surface area contributed by atoms with Crippen molar-refractivity contribution in [1.29, 1.82) is 0 Å². The maximum absolute atomic E-state index is 14.0. The van der Waals surface area contributed by atoms with Crippen LogP contribution in [0.25, 0.3) is 22.3 Å². The second-order valence-electron chi connectivity index (χ2n) is 14.2. The standard InChI is InChI=1S/C37H42BrN7O2/c1-22-20-44(21-33(46)40-22)36(43-31-17-26-16-30(23(31)2)37(26,3)4)41-28-11-12-29-32(18-28)42-34(25-6-5-14-39-19-25)45(35(29)47)15-13-24-7-9-27(38)10-8-24/h5-12,14,18-19,22-23,26,30-31H,13,15-17,20-21H2,1-4H3,(H,40,46)(H,41,43)/t22-,23-,26-,30+,31?/m0/s1. The minimum atomic E-state index is -0.0919. The molecule has 0 spiro atoms. The minimum Gasteiger partial charge on any atom is -0.350 e. The lowest BCUT2D eigenvalue weighted by molar-refractivity contribution is -0.124. The van der Waals surface area contributed by atoms with E-state index in [1.165, 1.54) is 6.42 Å². The van der Waals surface area contributed by atoms with Gasteiger partial charge in [0.15, 0.2) is 5.96 Å². The molecule has 10 heteroatoms. The molecule has 4 fully saturated rings. The Balaban J connectivity index is 1.24. The van der Waals surface area contributed by atoms with Crippen LogP contribution in [-0.2, 0) is 17.8 Å². The first kappa shape index (κ1) is 31.5. The van der Waals surface area contributed by atoms with Crippen LogP contribution in [0.4, 0.5) is 5.69 Å². The highest BCUT2D eigenvalue weighted by atomic mass is 79.9. The van der Waals surface area contributed by atoms with Crippen LogP contribution in [0.5, 0.6) is 0 Å². The summed E-state index contributed by atoms with van der Waals surface area (Å²) in [6, 6.07) is 17.8. The first-order valence-corrected chi connectivity index (χ1v) is 17.4. The minimum absolute atomic E-state index is 0.00977. The van der Waals surface area contributed by atoms with E-state index in [2.05, 4.69) is 69.4 Å². The smallest absolute Gasteiger partial charge is 0.261 e. The van der Waals surface area contributed by atoms with Crippen LogP contribution in [0.1, 0.15) is 46.1 Å². The van der Waals surface area contributed by atoms with Crippen molar-refractivity contribution in [2.75, 3.05) is 18.4 Å². The third kappa shape index (κ3) is 6.20. The topological polar surface area (TPSA) is 105 Å². The number of piperazine rings is 1. The second-order valence-corrected chi connectivity index (χ2v) is 15.1. The Morgan fingerprint density at radius 1 is 1.11 bits per heavy atom. The Morgan fingerprint density at radius 3 is 2.62 bits per heavy atom. The lowest BCUT2D eigenvalue weighted by atomic mass is 9.45. The number of rotatable bonds is 6. The average Bonchev–Trinajstić information content (AvgIpc) is 3.05. The number of guanidine groups is 1. The number of halogens is 1. The molecule has 2 N–H and O–H groups in total. The summed E-state index contributed by atoms with van der Waals surface area (Å²) < 4.78 is 2.78. The molecule has 1 aliphatic heterocycles. The number of aryl methyl sites for hydroxylation is 1. The van der Waals surface area contributed by atoms with Gasteiger partial charge in [-0.25, -0.2) is 9.98 Å². The molecule has 2 bridgehead atoms. The van der Waals surface area contributed by atoms with E-state index < -0.39 is 0 Å². The number of nitrogens with one attached hydrogen (secondary N) is 2. The van der Waals surface area contributed by atoms with Crippen LogP contribution in [0, 0.1) is 23.2 Å². The van der Waals surface area contributed by atoms with Gasteiger partial charge in [-0.15, -0.1) is 0 Å².